The number of halogens is 1. The van der Waals surface area contributed by atoms with Crippen LogP contribution in [-0.4, -0.2) is 48.8 Å². The largest absolute Gasteiger partial charge is 0.369 e. The van der Waals surface area contributed by atoms with E-state index in [9.17, 15) is 4.79 Å². The van der Waals surface area contributed by atoms with E-state index in [-0.39, 0.29) is 12.2 Å². The number of rotatable bonds is 6. The summed E-state index contributed by atoms with van der Waals surface area (Å²) >= 11 is 7.97. The molecule has 0 spiro atoms. The Balaban J connectivity index is 1.39. The van der Waals surface area contributed by atoms with Crippen LogP contribution in [0.5, 0.6) is 0 Å². The van der Waals surface area contributed by atoms with Crippen LogP contribution in [0.15, 0.2) is 30.9 Å². The number of hydrogen-bond acceptors (Lipinski definition) is 8. The van der Waals surface area contributed by atoms with Crippen LogP contribution in [0.2, 0.25) is 5.02 Å². The van der Waals surface area contributed by atoms with Crippen LogP contribution in [0.25, 0.3) is 16.2 Å². The van der Waals surface area contributed by atoms with Crippen molar-refractivity contribution in [1.29, 1.82) is 0 Å². The maximum absolute atomic E-state index is 13.1. The van der Waals surface area contributed by atoms with Gasteiger partial charge in [0.2, 0.25) is 0 Å². The van der Waals surface area contributed by atoms with Gasteiger partial charge < -0.3 is 4.90 Å². The van der Waals surface area contributed by atoms with Gasteiger partial charge in [-0.25, -0.2) is 15.0 Å². The van der Waals surface area contributed by atoms with Gasteiger partial charge in [-0.2, -0.15) is 10.2 Å². The highest BCUT2D eigenvalue weighted by Crippen LogP contribution is 2.35. The van der Waals surface area contributed by atoms with Gasteiger partial charge in [0.25, 0.3) is 0 Å². The van der Waals surface area contributed by atoms with Crippen LogP contribution in [0.1, 0.15) is 35.9 Å². The number of hydrogen-bond donors (Lipinski definition) is 0. The van der Waals surface area contributed by atoms with Crippen molar-refractivity contribution < 1.29 is 4.79 Å². The van der Waals surface area contributed by atoms with Crippen molar-refractivity contribution in [3.8, 4) is 5.82 Å². The van der Waals surface area contributed by atoms with Crippen LogP contribution in [0.3, 0.4) is 0 Å². The summed E-state index contributed by atoms with van der Waals surface area (Å²) in [4.78, 5) is 31.5. The molecule has 10 heteroatoms. The molecule has 0 bridgehead atoms. The predicted octanol–water partition coefficient (Wildman–Crippen LogP) is 4.22. The number of carbonyl (C=O) groups is 1. The molecule has 0 aliphatic carbocycles. The number of piperidine rings is 1. The molecule has 0 atom stereocenters. The van der Waals surface area contributed by atoms with Crippen LogP contribution >= 0.6 is 22.9 Å². The molecule has 33 heavy (non-hydrogen) atoms. The standard InChI is InChI=1S/C23H24ClN7OS/c1-14-3-7-30(8-4-14)21-17(13-26-23-20(21)29-15(2)33-23)11-18(32)9-16-10-19(24)22(25-12-16)31-27-5-6-28-31/h5-6,10,12-14H,3-4,7-9,11H2,1-2H3. The molecule has 170 valence electrons. The van der Waals surface area contributed by atoms with Crippen LogP contribution < -0.4 is 4.90 Å². The van der Waals surface area contributed by atoms with Gasteiger partial charge in [0, 0.05) is 43.9 Å². The third-order valence-electron chi connectivity index (χ3n) is 5.96. The first kappa shape index (κ1) is 21.9. The van der Waals surface area contributed by atoms with Gasteiger partial charge in [0.1, 0.15) is 16.1 Å². The second-order valence-electron chi connectivity index (χ2n) is 8.55. The van der Waals surface area contributed by atoms with Gasteiger partial charge in [-0.05, 0) is 37.3 Å². The van der Waals surface area contributed by atoms with E-state index in [1.165, 1.54) is 4.80 Å². The molecule has 4 aromatic rings. The topological polar surface area (TPSA) is 89.7 Å². The Kier molecular flexibility index (Phi) is 6.07. The summed E-state index contributed by atoms with van der Waals surface area (Å²) in [6.07, 6.45) is 9.44. The van der Waals surface area contributed by atoms with E-state index < -0.39 is 0 Å². The number of aryl methyl sites for hydroxylation is 1. The first-order chi connectivity index (χ1) is 16.0. The highest BCUT2D eigenvalue weighted by atomic mass is 35.5. The van der Waals surface area contributed by atoms with Gasteiger partial charge in [-0.15, -0.1) is 4.80 Å². The molecule has 1 fully saturated rings. The van der Waals surface area contributed by atoms with Crippen molar-refractivity contribution in [3.05, 3.63) is 52.0 Å². The number of carbonyl (C=O) groups excluding carboxylic acids is 1. The highest BCUT2D eigenvalue weighted by Gasteiger charge is 2.24. The van der Waals surface area contributed by atoms with Gasteiger partial charge in [0.05, 0.1) is 28.1 Å². The van der Waals surface area contributed by atoms with Crippen LogP contribution in [-0.2, 0) is 17.6 Å². The first-order valence-corrected chi connectivity index (χ1v) is 12.2. The van der Waals surface area contributed by atoms with Gasteiger partial charge >= 0.3 is 0 Å². The third-order valence-corrected chi connectivity index (χ3v) is 7.11. The third kappa shape index (κ3) is 4.60. The molecule has 0 aromatic carbocycles. The summed E-state index contributed by atoms with van der Waals surface area (Å²) in [5, 5.41) is 9.50. The second kappa shape index (κ2) is 9.15. The van der Waals surface area contributed by atoms with Crippen LogP contribution in [0, 0.1) is 12.8 Å². The van der Waals surface area contributed by atoms with Gasteiger partial charge in [-0.3, -0.25) is 4.79 Å². The lowest BCUT2D eigenvalue weighted by atomic mass is 9.97. The SMILES string of the molecule is Cc1nc2c(N3CCC(C)CC3)c(CC(=O)Cc3cnc(-n4nccn4)c(Cl)c3)cnc2s1. The molecule has 5 heterocycles. The molecule has 0 N–H and O–H groups in total. The number of ketones is 1. The van der Waals surface area contributed by atoms with E-state index in [0.29, 0.717) is 17.3 Å². The Bertz CT molecular complexity index is 1300. The number of aromatic nitrogens is 6. The molecule has 0 saturated carbocycles. The molecule has 4 aromatic heterocycles. The highest BCUT2D eigenvalue weighted by molar-refractivity contribution is 7.18. The Labute approximate surface area is 200 Å². The van der Waals surface area contributed by atoms with E-state index >= 15 is 0 Å². The van der Waals surface area contributed by atoms with E-state index in [0.717, 1.165) is 64.0 Å². The molecule has 1 aliphatic heterocycles. The number of anilines is 1. The maximum atomic E-state index is 13.1. The molecule has 5 rings (SSSR count). The molecule has 0 unspecified atom stereocenters. The zero-order valence-corrected chi connectivity index (χ0v) is 20.1. The molecule has 0 radical (unpaired) electrons. The summed E-state index contributed by atoms with van der Waals surface area (Å²) in [5.74, 6) is 1.24. The number of pyridine rings is 2. The Morgan fingerprint density at radius 1 is 1.15 bits per heavy atom. The Morgan fingerprint density at radius 3 is 2.64 bits per heavy atom. The minimum Gasteiger partial charge on any atom is -0.369 e. The Morgan fingerprint density at radius 2 is 1.91 bits per heavy atom. The second-order valence-corrected chi connectivity index (χ2v) is 10.1. The summed E-state index contributed by atoms with van der Waals surface area (Å²) in [7, 11) is 0. The smallest absolute Gasteiger partial charge is 0.193 e. The molecule has 1 saturated heterocycles. The van der Waals surface area contributed by atoms with E-state index in [2.05, 4.69) is 32.0 Å². The van der Waals surface area contributed by atoms with Crippen LogP contribution in [0.4, 0.5) is 5.69 Å². The molecule has 8 nitrogen and oxygen atoms in total. The molecule has 1 aliphatic rings. The van der Waals surface area contributed by atoms with Crippen molar-refractivity contribution in [2.24, 2.45) is 5.92 Å². The Hall–Kier alpha value is -2.91. The van der Waals surface area contributed by atoms with E-state index in [1.54, 1.807) is 36.0 Å². The predicted molar refractivity (Wildman–Crippen MR) is 129 cm³/mol. The summed E-state index contributed by atoms with van der Waals surface area (Å²) in [6.45, 7) is 6.24. The molecule has 0 amide bonds. The fourth-order valence-electron chi connectivity index (χ4n) is 4.26. The number of thiazole rings is 1. The number of Topliss-reactive ketones (excluding diaryl/α,β-unsaturated/α-hetero) is 1. The minimum atomic E-state index is 0.0811. The van der Waals surface area contributed by atoms with E-state index in [1.807, 2.05) is 13.1 Å². The lowest BCUT2D eigenvalue weighted by Crippen LogP contribution is -2.34. The monoisotopic (exact) mass is 481 g/mol. The average Bonchev–Trinajstić information content (AvgIpc) is 3.44. The summed E-state index contributed by atoms with van der Waals surface area (Å²) < 4.78 is 0. The summed E-state index contributed by atoms with van der Waals surface area (Å²) in [5.41, 5.74) is 3.68. The zero-order valence-electron chi connectivity index (χ0n) is 18.5. The lowest BCUT2D eigenvalue weighted by Gasteiger charge is -2.33. The van der Waals surface area contributed by atoms with Crippen molar-refractivity contribution in [3.63, 3.8) is 0 Å². The average molecular weight is 482 g/mol. The minimum absolute atomic E-state index is 0.0811. The van der Waals surface area contributed by atoms with Crippen molar-refractivity contribution in [2.75, 3.05) is 18.0 Å². The molecular formula is C23H24ClN7OS. The fraction of sp³-hybridized carbons (Fsp3) is 0.391. The normalized spacial score (nSPS) is 14.8. The van der Waals surface area contributed by atoms with Gasteiger partial charge in [0.15, 0.2) is 5.82 Å². The van der Waals surface area contributed by atoms with Gasteiger partial charge in [-0.1, -0.05) is 29.9 Å². The lowest BCUT2D eigenvalue weighted by molar-refractivity contribution is -0.117. The molecular weight excluding hydrogens is 458 g/mol. The summed E-state index contributed by atoms with van der Waals surface area (Å²) in [6, 6.07) is 1.75. The number of fused-ring (bicyclic) bond motifs is 1. The van der Waals surface area contributed by atoms with Crippen molar-refractivity contribution in [2.45, 2.75) is 39.5 Å². The quantitative estimate of drug-likeness (QED) is 0.407. The first-order valence-electron chi connectivity index (χ1n) is 11.0. The maximum Gasteiger partial charge on any atom is 0.193 e. The number of nitrogens with zero attached hydrogens (tertiary/aromatic N) is 7. The van der Waals surface area contributed by atoms with Crippen molar-refractivity contribution >= 4 is 44.8 Å². The zero-order chi connectivity index (χ0) is 22.9. The van der Waals surface area contributed by atoms with E-state index in [4.69, 9.17) is 16.6 Å². The van der Waals surface area contributed by atoms with Crippen molar-refractivity contribution in [1.82, 2.24) is 29.9 Å². The fourth-order valence-corrected chi connectivity index (χ4v) is 5.29.